The molecule has 0 aliphatic rings. The van der Waals surface area contributed by atoms with Crippen molar-refractivity contribution in [3.63, 3.8) is 0 Å². The molecular weight excluding hydrogens is 164 g/mol. The Morgan fingerprint density at radius 3 is 2.85 bits per heavy atom. The third-order valence-corrected chi connectivity index (χ3v) is 1.98. The number of hydrogen-bond acceptors (Lipinski definition) is 2. The third-order valence-electron chi connectivity index (χ3n) is 1.98. The van der Waals surface area contributed by atoms with Gasteiger partial charge in [-0.2, -0.15) is 0 Å². The van der Waals surface area contributed by atoms with E-state index in [1.54, 1.807) is 18.9 Å². The molecule has 0 saturated heterocycles. The summed E-state index contributed by atoms with van der Waals surface area (Å²) in [5.41, 5.74) is 1.11. The average molecular weight is 175 g/mol. The highest BCUT2D eigenvalue weighted by atomic mass is 15.2. The first-order valence-electron chi connectivity index (χ1n) is 4.08. The van der Waals surface area contributed by atoms with Gasteiger partial charge in [-0.1, -0.05) is 0 Å². The fourth-order valence-corrected chi connectivity index (χ4v) is 1.28. The first kappa shape index (κ1) is 7.91. The summed E-state index contributed by atoms with van der Waals surface area (Å²) in [6.45, 7) is 2.02. The fourth-order valence-electron chi connectivity index (χ4n) is 1.28. The molecule has 0 aliphatic carbocycles. The fraction of sp³-hybridized carbons (Fsp3) is 0.222. The molecule has 0 saturated carbocycles. The van der Waals surface area contributed by atoms with Gasteiger partial charge < -0.3 is 0 Å². The predicted molar refractivity (Wildman–Crippen MR) is 47.3 cm³/mol. The number of nitrogens with zero attached hydrogens (tertiary/aromatic N) is 4. The number of imidazole rings is 1. The minimum Gasteiger partial charge on any atom is -0.239 e. The molecule has 4 heteroatoms. The normalized spacial score (nSPS) is 10.3. The number of hydrogen-bond donors (Lipinski definition) is 0. The van der Waals surface area contributed by atoms with Gasteiger partial charge >= 0.3 is 0 Å². The summed E-state index contributed by atoms with van der Waals surface area (Å²) in [7, 11) is 1.96. The minimum atomic E-state index is 1.06. The van der Waals surface area contributed by atoms with Crippen LogP contribution in [0.25, 0.3) is 5.82 Å². The Hall–Kier alpha value is -1.71. The van der Waals surface area contributed by atoms with Gasteiger partial charge in [-0.3, -0.25) is 0 Å². The van der Waals surface area contributed by atoms with Crippen LogP contribution in [-0.4, -0.2) is 14.5 Å². The first-order chi connectivity index (χ1) is 6.29. The molecule has 0 aromatic carbocycles. The zero-order valence-corrected chi connectivity index (χ0v) is 7.68. The van der Waals surface area contributed by atoms with Crippen molar-refractivity contribution in [1.82, 2.24) is 14.5 Å². The zero-order valence-electron chi connectivity index (χ0n) is 7.68. The molecule has 2 aromatic rings. The van der Waals surface area contributed by atoms with Crippen molar-refractivity contribution >= 4 is 0 Å². The van der Waals surface area contributed by atoms with E-state index < -0.39 is 0 Å². The number of aromatic nitrogens is 4. The summed E-state index contributed by atoms with van der Waals surface area (Å²) >= 11 is 0. The van der Waals surface area contributed by atoms with E-state index in [2.05, 4.69) is 9.97 Å². The molecule has 0 radical (unpaired) electrons. The smallest absolute Gasteiger partial charge is 0.236 e. The summed E-state index contributed by atoms with van der Waals surface area (Å²) in [6, 6.07) is 1.95. The van der Waals surface area contributed by atoms with Crippen molar-refractivity contribution in [2.45, 2.75) is 6.92 Å². The van der Waals surface area contributed by atoms with Crippen LogP contribution < -0.4 is 4.57 Å². The van der Waals surface area contributed by atoms with Gasteiger partial charge in [0.05, 0.1) is 18.9 Å². The Labute approximate surface area is 76.5 Å². The molecule has 4 nitrogen and oxygen atoms in total. The lowest BCUT2D eigenvalue weighted by atomic mass is 10.5. The highest BCUT2D eigenvalue weighted by Gasteiger charge is 2.08. The molecule has 0 aliphatic heterocycles. The molecule has 0 unspecified atom stereocenters. The van der Waals surface area contributed by atoms with E-state index in [1.807, 2.05) is 35.4 Å². The van der Waals surface area contributed by atoms with Gasteiger partial charge in [0.2, 0.25) is 12.1 Å². The van der Waals surface area contributed by atoms with E-state index in [0.717, 1.165) is 11.5 Å². The van der Waals surface area contributed by atoms with Crippen LogP contribution in [0.5, 0.6) is 0 Å². The van der Waals surface area contributed by atoms with Crippen molar-refractivity contribution in [3.8, 4) is 5.82 Å². The Kier molecular flexibility index (Phi) is 1.81. The monoisotopic (exact) mass is 175 g/mol. The Morgan fingerprint density at radius 2 is 2.23 bits per heavy atom. The highest BCUT2D eigenvalue weighted by molar-refractivity contribution is 5.17. The predicted octanol–water partition coefficient (Wildman–Crippen LogP) is 0.400. The van der Waals surface area contributed by atoms with Crippen LogP contribution in [-0.2, 0) is 7.05 Å². The van der Waals surface area contributed by atoms with Crippen LogP contribution in [0.1, 0.15) is 5.69 Å². The van der Waals surface area contributed by atoms with Gasteiger partial charge in [0.15, 0.2) is 6.33 Å². The van der Waals surface area contributed by atoms with Crippen molar-refractivity contribution < 1.29 is 4.57 Å². The van der Waals surface area contributed by atoms with Gasteiger partial charge in [-0.05, 0) is 6.92 Å². The second kappa shape index (κ2) is 2.97. The van der Waals surface area contributed by atoms with Gasteiger partial charge in [-0.25, -0.2) is 14.1 Å². The van der Waals surface area contributed by atoms with E-state index in [4.69, 9.17) is 0 Å². The number of aryl methyl sites for hydroxylation is 2. The first-order valence-corrected chi connectivity index (χ1v) is 4.08. The van der Waals surface area contributed by atoms with Gasteiger partial charge in [-0.15, -0.1) is 4.98 Å². The molecule has 0 N–H and O–H groups in total. The Balaban J connectivity index is 2.59. The maximum Gasteiger partial charge on any atom is 0.236 e. The van der Waals surface area contributed by atoms with Crippen molar-refractivity contribution in [2.75, 3.05) is 0 Å². The largest absolute Gasteiger partial charge is 0.239 e. The van der Waals surface area contributed by atoms with Crippen molar-refractivity contribution in [1.29, 1.82) is 0 Å². The lowest BCUT2D eigenvalue weighted by Gasteiger charge is -2.01. The van der Waals surface area contributed by atoms with E-state index in [9.17, 15) is 0 Å². The molecule has 0 fully saturated rings. The van der Waals surface area contributed by atoms with Crippen molar-refractivity contribution in [3.05, 3.63) is 36.8 Å². The van der Waals surface area contributed by atoms with Crippen LogP contribution in [0, 0.1) is 6.92 Å². The van der Waals surface area contributed by atoms with Crippen molar-refractivity contribution in [2.24, 2.45) is 7.05 Å². The van der Waals surface area contributed by atoms with E-state index in [1.165, 1.54) is 0 Å². The Bertz CT molecular complexity index is 419. The Morgan fingerprint density at radius 1 is 1.38 bits per heavy atom. The molecule has 13 heavy (non-hydrogen) atoms. The van der Waals surface area contributed by atoms with E-state index in [-0.39, 0.29) is 0 Å². The molecule has 0 atom stereocenters. The number of rotatable bonds is 1. The lowest BCUT2D eigenvalue weighted by molar-refractivity contribution is -0.668. The van der Waals surface area contributed by atoms with E-state index in [0.29, 0.717) is 0 Å². The summed E-state index contributed by atoms with van der Waals surface area (Å²) in [4.78, 5) is 8.08. The molecule has 66 valence electrons. The second-order valence-corrected chi connectivity index (χ2v) is 2.95. The standard InChI is InChI=1S/C9H11N4/c1-8-5-11-7-13(8)9-3-4-10-6-12(9)2/h3-7H,1-2H3/q+1. The molecule has 0 spiro atoms. The van der Waals surface area contributed by atoms with Gasteiger partial charge in [0.1, 0.15) is 6.20 Å². The molecular formula is C9H11N4+. The summed E-state index contributed by atoms with van der Waals surface area (Å²) in [5.74, 6) is 1.06. The molecule has 2 heterocycles. The quantitative estimate of drug-likeness (QED) is 0.588. The summed E-state index contributed by atoms with van der Waals surface area (Å²) in [5, 5.41) is 0. The highest BCUT2D eigenvalue weighted by Crippen LogP contribution is 2.03. The van der Waals surface area contributed by atoms with Gasteiger partial charge in [0, 0.05) is 6.07 Å². The van der Waals surface area contributed by atoms with Crippen LogP contribution in [0.3, 0.4) is 0 Å². The topological polar surface area (TPSA) is 34.6 Å². The summed E-state index contributed by atoms with van der Waals surface area (Å²) < 4.78 is 3.97. The minimum absolute atomic E-state index is 1.06. The lowest BCUT2D eigenvalue weighted by Crippen LogP contribution is -2.34. The molecule has 2 rings (SSSR count). The van der Waals surface area contributed by atoms with Crippen LogP contribution in [0.2, 0.25) is 0 Å². The molecule has 2 aromatic heterocycles. The zero-order chi connectivity index (χ0) is 9.26. The van der Waals surface area contributed by atoms with E-state index >= 15 is 0 Å². The third kappa shape index (κ3) is 1.30. The van der Waals surface area contributed by atoms with Crippen LogP contribution in [0.15, 0.2) is 31.1 Å². The maximum atomic E-state index is 4.07. The average Bonchev–Trinajstić information content (AvgIpc) is 2.52. The maximum absolute atomic E-state index is 4.07. The van der Waals surface area contributed by atoms with Crippen LogP contribution in [0.4, 0.5) is 0 Å². The second-order valence-electron chi connectivity index (χ2n) is 2.95. The SMILES string of the molecule is Cc1cncn1-c1ccnc[n+]1C. The summed E-state index contributed by atoms with van der Waals surface area (Å²) in [6.07, 6.45) is 7.18. The van der Waals surface area contributed by atoms with Gasteiger partial charge in [0.25, 0.3) is 0 Å². The molecule has 0 amide bonds. The van der Waals surface area contributed by atoms with Crippen LogP contribution >= 0.6 is 0 Å². The molecule has 0 bridgehead atoms.